The van der Waals surface area contributed by atoms with Crippen molar-refractivity contribution < 1.29 is 9.59 Å². The maximum atomic E-state index is 12.6. The molecule has 0 unspecified atom stereocenters. The van der Waals surface area contributed by atoms with Gasteiger partial charge in [-0.15, -0.1) is 0 Å². The monoisotopic (exact) mass is 406 g/mol. The molecular weight excluding hydrogens is 392 g/mol. The van der Waals surface area contributed by atoms with Crippen LogP contribution >= 0.6 is 11.6 Å². The van der Waals surface area contributed by atoms with Gasteiger partial charge in [-0.25, -0.2) is 9.36 Å². The Balaban J connectivity index is 1.53. The van der Waals surface area contributed by atoms with Crippen molar-refractivity contribution in [3.05, 3.63) is 89.5 Å². The lowest BCUT2D eigenvalue weighted by molar-refractivity contribution is 0.0993. The molecule has 144 valence electrons. The number of carbonyl (C=O) groups is 2. The molecule has 0 spiro atoms. The molecule has 3 N–H and O–H groups in total. The largest absolute Gasteiger partial charge is 0.364 e. The van der Waals surface area contributed by atoms with Gasteiger partial charge in [0.05, 0.1) is 28.2 Å². The van der Waals surface area contributed by atoms with Gasteiger partial charge in [-0.1, -0.05) is 29.8 Å². The molecule has 2 aromatic heterocycles. The van der Waals surface area contributed by atoms with Crippen LogP contribution < -0.4 is 11.1 Å². The minimum Gasteiger partial charge on any atom is -0.364 e. The molecular formula is C20H15ClN6O2. The number of nitrogens with one attached hydrogen (secondary N) is 1. The zero-order chi connectivity index (χ0) is 20.4. The third-order valence-corrected chi connectivity index (χ3v) is 4.47. The van der Waals surface area contributed by atoms with Crippen LogP contribution in [0.2, 0.25) is 5.02 Å². The molecule has 0 fully saturated rings. The zero-order valence-electron chi connectivity index (χ0n) is 15.0. The molecule has 4 rings (SSSR count). The number of halogens is 1. The number of primary amides is 1. The van der Waals surface area contributed by atoms with Crippen LogP contribution in [-0.2, 0) is 0 Å². The summed E-state index contributed by atoms with van der Waals surface area (Å²) in [6.07, 6.45) is 4.69. The summed E-state index contributed by atoms with van der Waals surface area (Å²) in [6, 6.07) is 15.8. The van der Waals surface area contributed by atoms with Gasteiger partial charge in [0.2, 0.25) is 0 Å². The summed E-state index contributed by atoms with van der Waals surface area (Å²) in [4.78, 5) is 23.8. The summed E-state index contributed by atoms with van der Waals surface area (Å²) in [7, 11) is 0. The molecule has 0 atom stereocenters. The fraction of sp³-hybridized carbons (Fsp3) is 0. The van der Waals surface area contributed by atoms with E-state index >= 15 is 0 Å². The zero-order valence-corrected chi connectivity index (χ0v) is 15.7. The first-order chi connectivity index (χ1) is 14.0. The minimum absolute atomic E-state index is 0.159. The Labute approximate surface area is 170 Å². The summed E-state index contributed by atoms with van der Waals surface area (Å²) >= 11 is 6.18. The van der Waals surface area contributed by atoms with Crippen LogP contribution in [0.4, 0.5) is 5.69 Å². The first kappa shape index (κ1) is 18.5. The van der Waals surface area contributed by atoms with Crippen molar-refractivity contribution in [1.29, 1.82) is 0 Å². The van der Waals surface area contributed by atoms with Gasteiger partial charge in [-0.05, 0) is 36.4 Å². The van der Waals surface area contributed by atoms with Gasteiger partial charge in [-0.2, -0.15) is 10.2 Å². The number of aromatic nitrogens is 4. The van der Waals surface area contributed by atoms with E-state index in [-0.39, 0.29) is 11.6 Å². The highest BCUT2D eigenvalue weighted by Crippen LogP contribution is 2.20. The van der Waals surface area contributed by atoms with Crippen LogP contribution in [-0.4, -0.2) is 31.4 Å². The summed E-state index contributed by atoms with van der Waals surface area (Å²) in [5.41, 5.74) is 7.68. The predicted molar refractivity (Wildman–Crippen MR) is 109 cm³/mol. The van der Waals surface area contributed by atoms with Gasteiger partial charge < -0.3 is 11.1 Å². The molecule has 4 aromatic rings. The maximum absolute atomic E-state index is 12.6. The van der Waals surface area contributed by atoms with Gasteiger partial charge in [0.25, 0.3) is 11.8 Å². The SMILES string of the molecule is NC(=O)c1ccn(-c2cccc(NC(=O)c3cnn(-c4ccccc4Cl)c3)c2)n1. The van der Waals surface area contributed by atoms with E-state index in [1.165, 1.54) is 16.9 Å². The lowest BCUT2D eigenvalue weighted by Crippen LogP contribution is -2.13. The standard InChI is InChI=1S/C20H15ClN6O2/c21-16-6-1-2-7-18(16)27-12-13(11-23-27)20(29)24-14-4-3-5-15(10-14)26-9-8-17(25-26)19(22)28/h1-12H,(H2,22,28)(H,24,29). The van der Waals surface area contributed by atoms with E-state index in [9.17, 15) is 9.59 Å². The third kappa shape index (κ3) is 3.87. The average Bonchev–Trinajstić information content (AvgIpc) is 3.39. The van der Waals surface area contributed by atoms with E-state index in [4.69, 9.17) is 17.3 Å². The van der Waals surface area contributed by atoms with Crippen molar-refractivity contribution in [3.63, 3.8) is 0 Å². The van der Waals surface area contributed by atoms with E-state index in [0.717, 1.165) is 0 Å². The van der Waals surface area contributed by atoms with Crippen molar-refractivity contribution in [3.8, 4) is 11.4 Å². The molecule has 0 aliphatic heterocycles. The molecule has 0 bridgehead atoms. The van der Waals surface area contributed by atoms with Crippen LogP contribution in [0.15, 0.2) is 73.2 Å². The minimum atomic E-state index is -0.608. The van der Waals surface area contributed by atoms with E-state index in [0.29, 0.717) is 27.6 Å². The van der Waals surface area contributed by atoms with E-state index in [1.54, 1.807) is 47.4 Å². The highest BCUT2D eigenvalue weighted by atomic mass is 35.5. The second-order valence-corrected chi connectivity index (χ2v) is 6.55. The number of para-hydroxylation sites is 1. The van der Waals surface area contributed by atoms with E-state index in [1.807, 2.05) is 18.2 Å². The number of hydrogen-bond donors (Lipinski definition) is 2. The molecule has 0 saturated heterocycles. The number of nitrogens with two attached hydrogens (primary N) is 1. The van der Waals surface area contributed by atoms with Gasteiger partial charge in [-0.3, -0.25) is 9.59 Å². The molecule has 0 radical (unpaired) electrons. The fourth-order valence-corrected chi connectivity index (χ4v) is 2.96. The summed E-state index contributed by atoms with van der Waals surface area (Å²) in [6.45, 7) is 0. The second kappa shape index (κ2) is 7.61. The molecule has 8 nitrogen and oxygen atoms in total. The lowest BCUT2D eigenvalue weighted by Gasteiger charge is -2.07. The van der Waals surface area contributed by atoms with Crippen molar-refractivity contribution in [2.45, 2.75) is 0 Å². The highest BCUT2D eigenvalue weighted by Gasteiger charge is 2.12. The van der Waals surface area contributed by atoms with E-state index in [2.05, 4.69) is 15.5 Å². The van der Waals surface area contributed by atoms with Crippen molar-refractivity contribution in [1.82, 2.24) is 19.6 Å². The van der Waals surface area contributed by atoms with Crippen molar-refractivity contribution in [2.24, 2.45) is 5.73 Å². The van der Waals surface area contributed by atoms with Gasteiger partial charge >= 0.3 is 0 Å². The van der Waals surface area contributed by atoms with Gasteiger partial charge in [0, 0.05) is 18.1 Å². The molecule has 9 heteroatoms. The Morgan fingerprint density at radius 3 is 2.62 bits per heavy atom. The average molecular weight is 407 g/mol. The number of carbonyl (C=O) groups excluding carboxylic acids is 2. The summed E-state index contributed by atoms with van der Waals surface area (Å²) < 4.78 is 3.05. The first-order valence-corrected chi connectivity index (χ1v) is 8.96. The molecule has 0 aliphatic carbocycles. The molecule has 2 aromatic carbocycles. The topological polar surface area (TPSA) is 108 Å². The number of benzene rings is 2. The number of anilines is 1. The highest BCUT2D eigenvalue weighted by molar-refractivity contribution is 6.32. The first-order valence-electron chi connectivity index (χ1n) is 8.58. The Morgan fingerprint density at radius 1 is 1.03 bits per heavy atom. The molecule has 0 aliphatic rings. The van der Waals surface area contributed by atoms with Crippen LogP contribution in [0.25, 0.3) is 11.4 Å². The number of hydrogen-bond acceptors (Lipinski definition) is 4. The fourth-order valence-electron chi connectivity index (χ4n) is 2.74. The summed E-state index contributed by atoms with van der Waals surface area (Å²) in [5.74, 6) is -0.928. The predicted octanol–water partition coefficient (Wildman–Crippen LogP) is 3.06. The van der Waals surface area contributed by atoms with Crippen molar-refractivity contribution in [2.75, 3.05) is 5.32 Å². The Kier molecular flexibility index (Phi) is 4.84. The lowest BCUT2D eigenvalue weighted by atomic mass is 10.2. The Morgan fingerprint density at radius 2 is 1.86 bits per heavy atom. The van der Waals surface area contributed by atoms with Gasteiger partial charge in [0.1, 0.15) is 5.69 Å². The molecule has 2 amide bonds. The van der Waals surface area contributed by atoms with Gasteiger partial charge in [0.15, 0.2) is 0 Å². The van der Waals surface area contributed by atoms with Crippen LogP contribution in [0.1, 0.15) is 20.8 Å². The number of rotatable bonds is 5. The third-order valence-electron chi connectivity index (χ3n) is 4.15. The maximum Gasteiger partial charge on any atom is 0.269 e. The Hall–Kier alpha value is -3.91. The molecule has 29 heavy (non-hydrogen) atoms. The molecule has 0 saturated carbocycles. The Bertz CT molecular complexity index is 1210. The second-order valence-electron chi connectivity index (χ2n) is 6.14. The van der Waals surface area contributed by atoms with Crippen LogP contribution in [0.3, 0.4) is 0 Å². The van der Waals surface area contributed by atoms with Crippen molar-refractivity contribution >= 4 is 29.1 Å². The normalized spacial score (nSPS) is 10.7. The van der Waals surface area contributed by atoms with Crippen LogP contribution in [0.5, 0.6) is 0 Å². The number of nitrogens with zero attached hydrogens (tertiary/aromatic N) is 4. The summed E-state index contributed by atoms with van der Waals surface area (Å²) in [5, 5.41) is 11.7. The smallest absolute Gasteiger partial charge is 0.269 e. The molecule has 2 heterocycles. The van der Waals surface area contributed by atoms with Crippen LogP contribution in [0, 0.1) is 0 Å². The number of amides is 2. The quantitative estimate of drug-likeness (QED) is 0.531. The van der Waals surface area contributed by atoms with E-state index < -0.39 is 5.91 Å².